The molecule has 3 aromatic carbocycles. The number of phenolic OH excluding ortho intramolecular Hbond substituents is 1. The molecule has 3 nitrogen and oxygen atoms in total. The van der Waals surface area contributed by atoms with Gasteiger partial charge in [0.2, 0.25) is 0 Å². The largest absolute Gasteiger partial charge is 0.508 e. The molecule has 0 bridgehead atoms. The molecule has 1 aliphatic rings. The summed E-state index contributed by atoms with van der Waals surface area (Å²) in [4.78, 5) is 4.97. The highest BCUT2D eigenvalue weighted by atomic mass is 35.5. The van der Waals surface area contributed by atoms with Gasteiger partial charge >= 0.3 is 0 Å². The minimum absolute atomic E-state index is 0.229. The molecule has 5 rings (SSSR count). The van der Waals surface area contributed by atoms with Gasteiger partial charge in [-0.25, -0.2) is 4.98 Å². The molecule has 1 aromatic heterocycles. The van der Waals surface area contributed by atoms with Crippen molar-refractivity contribution in [2.24, 2.45) is 0 Å². The van der Waals surface area contributed by atoms with Crippen LogP contribution in [0.15, 0.2) is 78.9 Å². The van der Waals surface area contributed by atoms with E-state index in [4.69, 9.17) is 21.3 Å². The summed E-state index contributed by atoms with van der Waals surface area (Å²) in [5.74, 6) is 1.06. The highest BCUT2D eigenvalue weighted by molar-refractivity contribution is 6.33. The van der Waals surface area contributed by atoms with Gasteiger partial charge in [0.1, 0.15) is 18.1 Å². The summed E-state index contributed by atoms with van der Waals surface area (Å²) in [6.07, 6.45) is 0. The topological polar surface area (TPSA) is 42.4 Å². The van der Waals surface area contributed by atoms with E-state index in [0.717, 1.165) is 45.0 Å². The van der Waals surface area contributed by atoms with E-state index in [1.54, 1.807) is 12.1 Å². The van der Waals surface area contributed by atoms with Gasteiger partial charge in [-0.1, -0.05) is 41.9 Å². The summed E-state index contributed by atoms with van der Waals surface area (Å²) in [5, 5.41) is 10.3. The summed E-state index contributed by atoms with van der Waals surface area (Å²) in [6.45, 7) is 0.440. The second-order valence-electron chi connectivity index (χ2n) is 6.69. The molecule has 0 saturated heterocycles. The molecule has 0 saturated carbocycles. The van der Waals surface area contributed by atoms with Crippen molar-refractivity contribution in [3.63, 3.8) is 0 Å². The minimum Gasteiger partial charge on any atom is -0.508 e. The van der Waals surface area contributed by atoms with E-state index in [2.05, 4.69) is 0 Å². The number of para-hydroxylation sites is 1. The normalized spacial score (nSPS) is 12.0. The Kier molecular flexibility index (Phi) is 4.03. The minimum atomic E-state index is 0.229. The first-order valence-corrected chi connectivity index (χ1v) is 9.39. The Balaban J connectivity index is 1.81. The molecule has 1 N–H and O–H groups in total. The number of halogens is 1. The van der Waals surface area contributed by atoms with E-state index in [0.29, 0.717) is 11.6 Å². The van der Waals surface area contributed by atoms with Gasteiger partial charge in [-0.2, -0.15) is 0 Å². The maximum absolute atomic E-state index is 9.64. The smallest absolute Gasteiger partial charge is 0.129 e. The third-order valence-corrected chi connectivity index (χ3v) is 5.30. The van der Waals surface area contributed by atoms with Crippen molar-refractivity contribution >= 4 is 11.6 Å². The molecule has 4 heteroatoms. The lowest BCUT2D eigenvalue weighted by Gasteiger charge is -2.24. The predicted octanol–water partition coefficient (Wildman–Crippen LogP) is 6.33. The van der Waals surface area contributed by atoms with E-state index in [1.165, 1.54) is 0 Å². The highest BCUT2D eigenvalue weighted by Gasteiger charge is 2.24. The number of hydrogen-bond acceptors (Lipinski definition) is 3. The van der Waals surface area contributed by atoms with E-state index in [-0.39, 0.29) is 5.75 Å². The number of aromatic hydroxyl groups is 1. The van der Waals surface area contributed by atoms with Gasteiger partial charge < -0.3 is 9.84 Å². The van der Waals surface area contributed by atoms with Crippen LogP contribution >= 0.6 is 11.6 Å². The van der Waals surface area contributed by atoms with Gasteiger partial charge in [-0.05, 0) is 54.1 Å². The van der Waals surface area contributed by atoms with Gasteiger partial charge in [0.25, 0.3) is 0 Å². The van der Waals surface area contributed by atoms with Gasteiger partial charge in [0, 0.05) is 27.3 Å². The van der Waals surface area contributed by atoms with Crippen molar-refractivity contribution < 1.29 is 9.84 Å². The lowest BCUT2D eigenvalue weighted by Crippen LogP contribution is -2.09. The SMILES string of the molecule is Oc1ccc(-c2cc(-c3ccccc3Cl)c3c(n2)-c2ccccc2OC3)cc1. The summed E-state index contributed by atoms with van der Waals surface area (Å²) >= 11 is 6.53. The average molecular weight is 386 g/mol. The second kappa shape index (κ2) is 6.70. The standard InChI is InChI=1S/C24H16ClNO2/c25-21-7-3-1-5-17(21)19-13-22(15-9-11-16(27)12-10-15)26-24-18-6-2-4-8-23(18)28-14-20(19)24/h1-13,27H,14H2. The molecule has 0 amide bonds. The Hall–Kier alpha value is -3.30. The molecule has 0 aliphatic carbocycles. The number of nitrogens with zero attached hydrogens (tertiary/aromatic N) is 1. The number of pyridine rings is 1. The van der Waals surface area contributed by atoms with Crippen LogP contribution in [0.1, 0.15) is 5.56 Å². The van der Waals surface area contributed by atoms with Crippen molar-refractivity contribution in [2.45, 2.75) is 6.61 Å². The highest BCUT2D eigenvalue weighted by Crippen LogP contribution is 2.43. The van der Waals surface area contributed by atoms with Crippen LogP contribution in [0.3, 0.4) is 0 Å². The average Bonchev–Trinajstić information content (AvgIpc) is 2.74. The number of ether oxygens (including phenoxy) is 1. The van der Waals surface area contributed by atoms with Gasteiger partial charge in [-0.3, -0.25) is 0 Å². The second-order valence-corrected chi connectivity index (χ2v) is 7.10. The third kappa shape index (κ3) is 2.81. The zero-order valence-corrected chi connectivity index (χ0v) is 15.6. The molecule has 2 heterocycles. The van der Waals surface area contributed by atoms with Gasteiger partial charge in [0.15, 0.2) is 0 Å². The first-order chi connectivity index (χ1) is 13.7. The first kappa shape index (κ1) is 16.8. The fraction of sp³-hybridized carbons (Fsp3) is 0.0417. The summed E-state index contributed by atoms with van der Waals surface area (Å²) < 4.78 is 6.00. The lowest BCUT2D eigenvalue weighted by molar-refractivity contribution is 0.302. The molecule has 0 spiro atoms. The number of fused-ring (bicyclic) bond motifs is 3. The Bertz CT molecular complexity index is 1190. The number of benzene rings is 3. The van der Waals surface area contributed by atoms with Crippen LogP contribution < -0.4 is 4.74 Å². The maximum atomic E-state index is 9.64. The van der Waals surface area contributed by atoms with E-state index in [1.807, 2.05) is 66.7 Å². The third-order valence-electron chi connectivity index (χ3n) is 4.97. The number of aromatic nitrogens is 1. The number of phenols is 1. The Morgan fingerprint density at radius 3 is 2.32 bits per heavy atom. The quantitative estimate of drug-likeness (QED) is 0.438. The van der Waals surface area contributed by atoms with Crippen LogP contribution in [-0.4, -0.2) is 10.1 Å². The van der Waals surface area contributed by atoms with Crippen LogP contribution in [0.2, 0.25) is 5.02 Å². The van der Waals surface area contributed by atoms with Crippen molar-refractivity contribution in [3.8, 4) is 45.1 Å². The Morgan fingerprint density at radius 1 is 0.821 bits per heavy atom. The fourth-order valence-electron chi connectivity index (χ4n) is 3.58. The fourth-order valence-corrected chi connectivity index (χ4v) is 3.82. The van der Waals surface area contributed by atoms with Crippen LogP contribution in [0.5, 0.6) is 11.5 Å². The molecule has 0 fully saturated rings. The zero-order valence-electron chi connectivity index (χ0n) is 14.9. The van der Waals surface area contributed by atoms with E-state index < -0.39 is 0 Å². The summed E-state index contributed by atoms with van der Waals surface area (Å²) in [5.41, 5.74) is 6.61. The molecule has 0 unspecified atom stereocenters. The summed E-state index contributed by atoms with van der Waals surface area (Å²) in [7, 11) is 0. The molecule has 28 heavy (non-hydrogen) atoms. The first-order valence-electron chi connectivity index (χ1n) is 9.01. The van der Waals surface area contributed by atoms with Crippen molar-refractivity contribution in [1.29, 1.82) is 0 Å². The molecule has 4 aromatic rings. The van der Waals surface area contributed by atoms with Crippen LogP contribution in [0, 0.1) is 0 Å². The maximum Gasteiger partial charge on any atom is 0.129 e. The van der Waals surface area contributed by atoms with Crippen molar-refractivity contribution in [1.82, 2.24) is 4.98 Å². The summed E-state index contributed by atoms with van der Waals surface area (Å²) in [6, 6.07) is 24.9. The zero-order chi connectivity index (χ0) is 19.1. The van der Waals surface area contributed by atoms with Gasteiger partial charge in [-0.15, -0.1) is 0 Å². The molecular formula is C24H16ClNO2. The van der Waals surface area contributed by atoms with Crippen LogP contribution in [-0.2, 0) is 6.61 Å². The predicted molar refractivity (Wildman–Crippen MR) is 112 cm³/mol. The number of hydrogen-bond donors (Lipinski definition) is 1. The molecular weight excluding hydrogens is 370 g/mol. The Labute approximate surface area is 167 Å². The van der Waals surface area contributed by atoms with Crippen LogP contribution in [0.25, 0.3) is 33.6 Å². The van der Waals surface area contributed by atoms with E-state index >= 15 is 0 Å². The van der Waals surface area contributed by atoms with Gasteiger partial charge in [0.05, 0.1) is 11.4 Å². The van der Waals surface area contributed by atoms with Crippen LogP contribution in [0.4, 0.5) is 0 Å². The molecule has 136 valence electrons. The number of rotatable bonds is 2. The molecule has 0 radical (unpaired) electrons. The monoisotopic (exact) mass is 385 g/mol. The lowest BCUT2D eigenvalue weighted by atomic mass is 9.92. The van der Waals surface area contributed by atoms with E-state index in [9.17, 15) is 5.11 Å². The van der Waals surface area contributed by atoms with Crippen molar-refractivity contribution in [3.05, 3.63) is 89.4 Å². The Morgan fingerprint density at radius 2 is 1.54 bits per heavy atom. The van der Waals surface area contributed by atoms with Crippen molar-refractivity contribution in [2.75, 3.05) is 0 Å². The molecule has 0 atom stereocenters. The molecule has 1 aliphatic heterocycles.